The monoisotopic (exact) mass is 215 g/mol. The standard InChI is InChI=1S/C10H14ClNO2/c1-7(14-10(12)13)6-8-4-2-3-5-9(8)11/h2-5,7,10,13H,6,12H2,1H3. The van der Waals surface area contributed by atoms with Gasteiger partial charge in [-0.2, -0.15) is 0 Å². The van der Waals surface area contributed by atoms with Gasteiger partial charge >= 0.3 is 0 Å². The van der Waals surface area contributed by atoms with E-state index in [0.717, 1.165) is 5.56 Å². The lowest BCUT2D eigenvalue weighted by molar-refractivity contribution is -0.125. The van der Waals surface area contributed by atoms with E-state index < -0.39 is 6.41 Å². The molecule has 0 heterocycles. The van der Waals surface area contributed by atoms with Crippen LogP contribution in [0.15, 0.2) is 24.3 Å². The van der Waals surface area contributed by atoms with Gasteiger partial charge in [-0.05, 0) is 25.0 Å². The second-order valence-corrected chi connectivity index (χ2v) is 3.54. The fraction of sp³-hybridized carbons (Fsp3) is 0.400. The molecule has 14 heavy (non-hydrogen) atoms. The van der Waals surface area contributed by atoms with Crippen molar-refractivity contribution in [3.05, 3.63) is 34.9 Å². The summed E-state index contributed by atoms with van der Waals surface area (Å²) in [5.41, 5.74) is 6.07. The maximum atomic E-state index is 8.79. The predicted molar refractivity (Wildman–Crippen MR) is 55.9 cm³/mol. The van der Waals surface area contributed by atoms with Crippen molar-refractivity contribution in [3.63, 3.8) is 0 Å². The van der Waals surface area contributed by atoms with E-state index in [-0.39, 0.29) is 6.10 Å². The molecule has 0 aliphatic heterocycles. The Morgan fingerprint density at radius 3 is 2.71 bits per heavy atom. The van der Waals surface area contributed by atoms with E-state index in [0.29, 0.717) is 11.4 Å². The highest BCUT2D eigenvalue weighted by Gasteiger charge is 2.08. The fourth-order valence-electron chi connectivity index (χ4n) is 1.26. The number of hydrogen-bond donors (Lipinski definition) is 2. The molecule has 0 fully saturated rings. The van der Waals surface area contributed by atoms with Gasteiger partial charge in [0.25, 0.3) is 0 Å². The number of halogens is 1. The second kappa shape index (κ2) is 5.32. The lowest BCUT2D eigenvalue weighted by Gasteiger charge is -2.15. The Hall–Kier alpha value is -0.610. The zero-order valence-electron chi connectivity index (χ0n) is 7.98. The number of aliphatic hydroxyl groups is 1. The highest BCUT2D eigenvalue weighted by atomic mass is 35.5. The van der Waals surface area contributed by atoms with Gasteiger partial charge in [-0.25, -0.2) is 0 Å². The molecule has 0 aliphatic carbocycles. The maximum absolute atomic E-state index is 8.79. The number of aliphatic hydroxyl groups excluding tert-OH is 1. The van der Waals surface area contributed by atoms with E-state index in [1.807, 2.05) is 31.2 Å². The van der Waals surface area contributed by atoms with Gasteiger partial charge in [0, 0.05) is 5.02 Å². The number of benzene rings is 1. The topological polar surface area (TPSA) is 55.5 Å². The van der Waals surface area contributed by atoms with Gasteiger partial charge < -0.3 is 9.84 Å². The third-order valence-corrected chi connectivity index (χ3v) is 2.21. The SMILES string of the molecule is CC(Cc1ccccc1Cl)OC(N)O. The first-order valence-corrected chi connectivity index (χ1v) is 4.80. The average Bonchev–Trinajstić information content (AvgIpc) is 2.07. The number of rotatable bonds is 4. The summed E-state index contributed by atoms with van der Waals surface area (Å²) in [5.74, 6) is 0. The summed E-state index contributed by atoms with van der Waals surface area (Å²) in [6.07, 6.45) is -0.754. The average molecular weight is 216 g/mol. The van der Waals surface area contributed by atoms with E-state index in [1.54, 1.807) is 0 Å². The summed E-state index contributed by atoms with van der Waals surface area (Å²) < 4.78 is 4.98. The molecule has 3 N–H and O–H groups in total. The Balaban J connectivity index is 2.56. The van der Waals surface area contributed by atoms with E-state index in [9.17, 15) is 0 Å². The van der Waals surface area contributed by atoms with Crippen LogP contribution in [0.25, 0.3) is 0 Å². The van der Waals surface area contributed by atoms with Gasteiger partial charge in [-0.3, -0.25) is 5.73 Å². The second-order valence-electron chi connectivity index (χ2n) is 3.13. The molecule has 1 aromatic rings. The normalized spacial score (nSPS) is 15.1. The van der Waals surface area contributed by atoms with Gasteiger partial charge in [-0.1, -0.05) is 29.8 Å². The molecule has 0 bridgehead atoms. The van der Waals surface area contributed by atoms with Crippen LogP contribution in [-0.2, 0) is 11.2 Å². The van der Waals surface area contributed by atoms with Crippen LogP contribution < -0.4 is 5.73 Å². The summed E-state index contributed by atoms with van der Waals surface area (Å²) in [5, 5.41) is 9.50. The van der Waals surface area contributed by atoms with Crippen molar-refractivity contribution < 1.29 is 9.84 Å². The number of nitrogens with two attached hydrogens (primary N) is 1. The van der Waals surface area contributed by atoms with Crippen molar-refractivity contribution in [2.45, 2.75) is 25.9 Å². The van der Waals surface area contributed by atoms with E-state index >= 15 is 0 Å². The zero-order chi connectivity index (χ0) is 10.6. The Kier molecular flexibility index (Phi) is 4.35. The number of hydrogen-bond acceptors (Lipinski definition) is 3. The van der Waals surface area contributed by atoms with Crippen LogP contribution in [0, 0.1) is 0 Å². The minimum atomic E-state index is -1.23. The lowest BCUT2D eigenvalue weighted by atomic mass is 10.1. The molecule has 2 unspecified atom stereocenters. The van der Waals surface area contributed by atoms with Crippen molar-refractivity contribution in [3.8, 4) is 0 Å². The molecular weight excluding hydrogens is 202 g/mol. The van der Waals surface area contributed by atoms with Gasteiger partial charge in [0.1, 0.15) is 0 Å². The molecule has 0 saturated carbocycles. The minimum Gasteiger partial charge on any atom is -0.356 e. The van der Waals surface area contributed by atoms with Crippen LogP contribution in [0.5, 0.6) is 0 Å². The van der Waals surface area contributed by atoms with Crippen LogP contribution in [0.4, 0.5) is 0 Å². The largest absolute Gasteiger partial charge is 0.356 e. The summed E-state index contributed by atoms with van der Waals surface area (Å²) in [6, 6.07) is 7.52. The third-order valence-electron chi connectivity index (χ3n) is 1.84. The van der Waals surface area contributed by atoms with Crippen molar-refractivity contribution in [1.82, 2.24) is 0 Å². The molecule has 3 nitrogen and oxygen atoms in total. The smallest absolute Gasteiger partial charge is 0.211 e. The molecule has 78 valence electrons. The molecular formula is C10H14ClNO2. The lowest BCUT2D eigenvalue weighted by Crippen LogP contribution is -2.28. The van der Waals surface area contributed by atoms with Gasteiger partial charge in [0.15, 0.2) is 0 Å². The quantitative estimate of drug-likeness (QED) is 0.749. The maximum Gasteiger partial charge on any atom is 0.211 e. The first-order chi connectivity index (χ1) is 6.59. The van der Waals surface area contributed by atoms with Crippen molar-refractivity contribution in [2.24, 2.45) is 5.73 Å². The Labute approximate surface area is 88.4 Å². The highest BCUT2D eigenvalue weighted by Crippen LogP contribution is 2.17. The Morgan fingerprint density at radius 1 is 1.50 bits per heavy atom. The summed E-state index contributed by atoms with van der Waals surface area (Å²) in [7, 11) is 0. The highest BCUT2D eigenvalue weighted by molar-refractivity contribution is 6.31. The molecule has 1 rings (SSSR count). The summed E-state index contributed by atoms with van der Waals surface area (Å²) in [6.45, 7) is 1.83. The van der Waals surface area contributed by atoms with E-state index in [1.165, 1.54) is 0 Å². The molecule has 0 saturated heterocycles. The Morgan fingerprint density at radius 2 is 2.14 bits per heavy atom. The summed E-state index contributed by atoms with van der Waals surface area (Å²) in [4.78, 5) is 0. The van der Waals surface area contributed by atoms with E-state index in [2.05, 4.69) is 0 Å². The van der Waals surface area contributed by atoms with Crippen LogP contribution in [0.2, 0.25) is 5.02 Å². The molecule has 0 spiro atoms. The van der Waals surface area contributed by atoms with Crippen molar-refractivity contribution in [1.29, 1.82) is 0 Å². The predicted octanol–water partition coefficient (Wildman–Crippen LogP) is 1.52. The minimum absolute atomic E-state index is 0.158. The molecule has 1 aromatic carbocycles. The molecule has 4 heteroatoms. The third kappa shape index (κ3) is 3.64. The zero-order valence-corrected chi connectivity index (χ0v) is 8.74. The number of ether oxygens (including phenoxy) is 1. The first-order valence-electron chi connectivity index (χ1n) is 4.42. The molecule has 2 atom stereocenters. The van der Waals surface area contributed by atoms with Crippen LogP contribution in [0.1, 0.15) is 12.5 Å². The van der Waals surface area contributed by atoms with Crippen LogP contribution >= 0.6 is 11.6 Å². The van der Waals surface area contributed by atoms with Gasteiger partial charge in [-0.15, -0.1) is 0 Å². The van der Waals surface area contributed by atoms with Gasteiger partial charge in [0.2, 0.25) is 6.41 Å². The van der Waals surface area contributed by atoms with E-state index in [4.69, 9.17) is 27.2 Å². The van der Waals surface area contributed by atoms with Crippen molar-refractivity contribution in [2.75, 3.05) is 0 Å². The Bertz CT molecular complexity index is 291. The van der Waals surface area contributed by atoms with Crippen molar-refractivity contribution >= 4 is 11.6 Å². The summed E-state index contributed by atoms with van der Waals surface area (Å²) >= 11 is 5.96. The molecule has 0 aromatic heterocycles. The first kappa shape index (κ1) is 11.5. The molecule has 0 radical (unpaired) electrons. The van der Waals surface area contributed by atoms with Crippen LogP contribution in [-0.4, -0.2) is 17.6 Å². The van der Waals surface area contributed by atoms with Crippen LogP contribution in [0.3, 0.4) is 0 Å². The van der Waals surface area contributed by atoms with Gasteiger partial charge in [0.05, 0.1) is 6.10 Å². The molecule has 0 aliphatic rings. The fourth-order valence-corrected chi connectivity index (χ4v) is 1.47. The molecule has 0 amide bonds.